The summed E-state index contributed by atoms with van der Waals surface area (Å²) in [4.78, 5) is 72.9. The molecule has 0 aromatic rings. The fourth-order valence-electron chi connectivity index (χ4n) is 11.7. The highest BCUT2D eigenvalue weighted by molar-refractivity contribution is 7.47. The van der Waals surface area contributed by atoms with Crippen molar-refractivity contribution in [2.45, 2.75) is 414 Å². The zero-order valence-corrected chi connectivity index (χ0v) is 64.6. The summed E-state index contributed by atoms with van der Waals surface area (Å²) >= 11 is 0. The van der Waals surface area contributed by atoms with Crippen molar-refractivity contribution in [1.82, 2.24) is 0 Å². The van der Waals surface area contributed by atoms with Crippen LogP contribution in [0.5, 0.6) is 0 Å². The van der Waals surface area contributed by atoms with Crippen LogP contribution < -0.4 is 0 Å². The molecule has 3 unspecified atom stereocenters. The van der Waals surface area contributed by atoms with Crippen LogP contribution in [-0.2, 0) is 65.4 Å². The molecule has 0 aromatic carbocycles. The van der Waals surface area contributed by atoms with Crippen molar-refractivity contribution in [3.8, 4) is 0 Å². The summed E-state index contributed by atoms with van der Waals surface area (Å²) in [5, 5.41) is 10.6. The highest BCUT2D eigenvalue weighted by Crippen LogP contribution is 2.45. The van der Waals surface area contributed by atoms with Crippen molar-refractivity contribution in [1.29, 1.82) is 0 Å². The van der Waals surface area contributed by atoms with Gasteiger partial charge in [0.1, 0.15) is 19.3 Å². The molecule has 17 nitrogen and oxygen atoms in total. The summed E-state index contributed by atoms with van der Waals surface area (Å²) in [5.74, 6) is 0.180. The lowest BCUT2D eigenvalue weighted by Crippen LogP contribution is -2.30. The van der Waals surface area contributed by atoms with Crippen LogP contribution in [0.1, 0.15) is 395 Å². The van der Waals surface area contributed by atoms with Gasteiger partial charge in [0.25, 0.3) is 0 Å². The van der Waals surface area contributed by atoms with E-state index < -0.39 is 97.5 Å². The Morgan fingerprint density at radius 2 is 0.531 bits per heavy atom. The molecule has 0 fully saturated rings. The molecule has 0 rings (SSSR count). The Balaban J connectivity index is 5.26. The Hall–Kier alpha value is -1.94. The smallest absolute Gasteiger partial charge is 0.462 e. The molecule has 96 heavy (non-hydrogen) atoms. The predicted octanol–water partition coefficient (Wildman–Crippen LogP) is 22.6. The van der Waals surface area contributed by atoms with Gasteiger partial charge in [0.15, 0.2) is 12.2 Å². The maximum Gasteiger partial charge on any atom is 0.472 e. The normalized spacial score (nSPS) is 14.3. The minimum atomic E-state index is -4.96. The predicted molar refractivity (Wildman–Crippen MR) is 391 cm³/mol. The van der Waals surface area contributed by atoms with Crippen molar-refractivity contribution in [2.75, 3.05) is 39.6 Å². The lowest BCUT2D eigenvalue weighted by atomic mass is 9.99. The first kappa shape index (κ1) is 94.1. The third kappa shape index (κ3) is 69.2. The molecule has 3 N–H and O–H groups in total. The van der Waals surface area contributed by atoms with E-state index in [1.807, 2.05) is 0 Å². The number of esters is 4. The van der Waals surface area contributed by atoms with Crippen molar-refractivity contribution < 1.29 is 80.2 Å². The number of ether oxygens (including phenoxy) is 4. The maximum atomic E-state index is 13.1. The van der Waals surface area contributed by atoms with Crippen molar-refractivity contribution in [2.24, 2.45) is 17.8 Å². The summed E-state index contributed by atoms with van der Waals surface area (Å²) in [6.45, 7) is 11.9. The molecule has 0 saturated heterocycles. The Morgan fingerprint density at radius 3 is 0.792 bits per heavy atom. The number of unbranched alkanes of at least 4 members (excludes halogenated alkanes) is 42. The van der Waals surface area contributed by atoms with Gasteiger partial charge in [-0.2, -0.15) is 0 Å². The van der Waals surface area contributed by atoms with Gasteiger partial charge < -0.3 is 33.8 Å². The highest BCUT2D eigenvalue weighted by atomic mass is 31.2. The van der Waals surface area contributed by atoms with Crippen molar-refractivity contribution in [3.05, 3.63) is 0 Å². The Kier molecular flexibility index (Phi) is 66.2. The Bertz CT molecular complexity index is 1870. The summed E-state index contributed by atoms with van der Waals surface area (Å²) in [6, 6.07) is 0. The van der Waals surface area contributed by atoms with Crippen LogP contribution in [0.4, 0.5) is 0 Å². The standard InChI is InChI=1S/C77H150O17P2/c1-8-10-11-12-13-14-15-16-17-18-19-20-25-30-39-46-53-60-76(81)93-72(64-87-74(79)58-51-44-37-29-24-22-21-23-27-34-41-48-55-68(3)4)66-91-95(83,84)89-62-71(78)63-90-96(85,86)92-67-73(94-77(82)61-54-47-40-31-26-28-35-42-49-56-69(5)6)65-88-75(80)59-52-45-38-33-32-36-43-50-57-70(7)9-2/h68-73,78H,8-67H2,1-7H3,(H,83,84)(H,85,86)/t70?,71-,72-,73-/m1/s1. The molecule has 0 bridgehead atoms. The van der Waals surface area contributed by atoms with Crippen LogP contribution in [0.3, 0.4) is 0 Å². The minimum absolute atomic E-state index is 0.105. The van der Waals surface area contributed by atoms with Crippen molar-refractivity contribution in [3.63, 3.8) is 0 Å². The molecular formula is C77H150O17P2. The molecule has 6 atom stereocenters. The largest absolute Gasteiger partial charge is 0.472 e. The molecule has 0 amide bonds. The summed E-state index contributed by atoms with van der Waals surface area (Å²) < 4.78 is 68.6. The lowest BCUT2D eigenvalue weighted by molar-refractivity contribution is -0.161. The molecule has 0 aliphatic heterocycles. The van der Waals surface area contributed by atoms with Crippen LogP contribution in [0.2, 0.25) is 0 Å². The second kappa shape index (κ2) is 67.5. The van der Waals surface area contributed by atoms with Crippen molar-refractivity contribution >= 4 is 39.5 Å². The van der Waals surface area contributed by atoms with E-state index in [0.717, 1.165) is 108 Å². The number of hydrogen-bond donors (Lipinski definition) is 3. The van der Waals surface area contributed by atoms with Gasteiger partial charge in [-0.3, -0.25) is 37.3 Å². The highest BCUT2D eigenvalue weighted by Gasteiger charge is 2.30. The first-order valence-corrected chi connectivity index (χ1v) is 42.9. The van der Waals surface area contributed by atoms with E-state index in [1.54, 1.807) is 0 Å². The van der Waals surface area contributed by atoms with Crippen LogP contribution in [0.15, 0.2) is 0 Å². The lowest BCUT2D eigenvalue weighted by Gasteiger charge is -2.21. The minimum Gasteiger partial charge on any atom is -0.462 e. The van der Waals surface area contributed by atoms with Gasteiger partial charge in [-0.1, -0.05) is 344 Å². The van der Waals surface area contributed by atoms with Gasteiger partial charge in [0.05, 0.1) is 26.4 Å². The molecule has 0 heterocycles. The number of rotatable bonds is 75. The molecule has 0 aliphatic carbocycles. The van der Waals surface area contributed by atoms with Gasteiger partial charge in [-0.25, -0.2) is 9.13 Å². The monoisotopic (exact) mass is 1410 g/mol. The van der Waals surface area contributed by atoms with E-state index in [0.29, 0.717) is 25.7 Å². The SMILES string of the molecule is CCCCCCCCCCCCCCCCCCCC(=O)O[C@H](COC(=O)CCCCCCCCCCCCCCC(C)C)COP(=O)(O)OC[C@@H](O)COP(=O)(O)OC[C@@H](COC(=O)CCCCCCCCCCC(C)CC)OC(=O)CCCCCCCCCCCC(C)C. The molecule has 0 aliphatic rings. The van der Waals surface area contributed by atoms with Gasteiger partial charge in [-0.15, -0.1) is 0 Å². The van der Waals surface area contributed by atoms with E-state index >= 15 is 0 Å². The molecule has 0 saturated carbocycles. The van der Waals surface area contributed by atoms with E-state index in [4.69, 9.17) is 37.0 Å². The number of phosphoric acid groups is 2. The molecule has 0 spiro atoms. The van der Waals surface area contributed by atoms with E-state index in [9.17, 15) is 43.2 Å². The summed E-state index contributed by atoms with van der Waals surface area (Å²) in [5.41, 5.74) is 0. The zero-order valence-electron chi connectivity index (χ0n) is 62.8. The molecular weight excluding hydrogens is 1260 g/mol. The molecule has 570 valence electrons. The van der Waals surface area contributed by atoms with E-state index in [2.05, 4.69) is 48.5 Å². The van der Waals surface area contributed by atoms with Gasteiger partial charge in [0.2, 0.25) is 0 Å². The first-order valence-electron chi connectivity index (χ1n) is 39.9. The number of aliphatic hydroxyl groups is 1. The third-order valence-electron chi connectivity index (χ3n) is 18.2. The number of aliphatic hydroxyl groups excluding tert-OH is 1. The third-order valence-corrected chi connectivity index (χ3v) is 20.1. The Labute approximate surface area is 588 Å². The van der Waals surface area contributed by atoms with Gasteiger partial charge >= 0.3 is 39.5 Å². The Morgan fingerprint density at radius 1 is 0.302 bits per heavy atom. The number of phosphoric ester groups is 2. The molecule has 0 aromatic heterocycles. The summed E-state index contributed by atoms with van der Waals surface area (Å²) in [6.07, 6.45) is 54.0. The average Bonchev–Trinajstić information content (AvgIpc) is 3.17. The topological polar surface area (TPSA) is 237 Å². The van der Waals surface area contributed by atoms with Gasteiger partial charge in [0, 0.05) is 25.7 Å². The second-order valence-electron chi connectivity index (χ2n) is 28.9. The van der Waals surface area contributed by atoms with Crippen LogP contribution in [0.25, 0.3) is 0 Å². The van der Waals surface area contributed by atoms with E-state index in [-0.39, 0.29) is 25.7 Å². The average molecular weight is 1410 g/mol. The molecule has 19 heteroatoms. The number of hydrogen-bond acceptors (Lipinski definition) is 15. The number of carbonyl (C=O) groups is 4. The second-order valence-corrected chi connectivity index (χ2v) is 31.8. The molecule has 0 radical (unpaired) electrons. The van der Waals surface area contributed by atoms with E-state index in [1.165, 1.54) is 205 Å². The first-order chi connectivity index (χ1) is 46.3. The number of carbonyl (C=O) groups excluding carboxylic acids is 4. The van der Waals surface area contributed by atoms with Crippen LogP contribution >= 0.6 is 15.6 Å². The van der Waals surface area contributed by atoms with Gasteiger partial charge in [-0.05, 0) is 43.4 Å². The summed E-state index contributed by atoms with van der Waals surface area (Å²) in [7, 11) is -9.92. The maximum absolute atomic E-state index is 13.1. The quantitative estimate of drug-likeness (QED) is 0.0222. The van der Waals surface area contributed by atoms with Crippen LogP contribution in [0, 0.1) is 17.8 Å². The fourth-order valence-corrected chi connectivity index (χ4v) is 13.3. The zero-order chi connectivity index (χ0) is 70.9. The fraction of sp³-hybridized carbons (Fsp3) is 0.948. The van der Waals surface area contributed by atoms with Crippen LogP contribution in [-0.4, -0.2) is 96.7 Å².